The highest BCUT2D eigenvalue weighted by atomic mass is 14.6. The van der Waals surface area contributed by atoms with Crippen molar-refractivity contribution in [2.45, 2.75) is 46.5 Å². The van der Waals surface area contributed by atoms with Crippen molar-refractivity contribution >= 4 is 11.4 Å². The minimum absolute atomic E-state index is 0.410. The quantitative estimate of drug-likeness (QED) is 0.798. The molecule has 0 radical (unpaired) electrons. The number of aryl methyl sites for hydroxylation is 3. The van der Waals surface area contributed by atoms with E-state index in [4.69, 9.17) is 11.5 Å². The first-order chi connectivity index (χ1) is 9.93. The third kappa shape index (κ3) is 3.21. The molecule has 21 heavy (non-hydrogen) atoms. The summed E-state index contributed by atoms with van der Waals surface area (Å²) in [6, 6.07) is 10.9. The fraction of sp³-hybridized carbons (Fsp3) is 0.368. The number of anilines is 2. The molecule has 0 aromatic heterocycles. The molecule has 4 N–H and O–H groups in total. The molecular formula is C19H26N2. The second kappa shape index (κ2) is 6.21. The first-order valence-corrected chi connectivity index (χ1v) is 7.66. The summed E-state index contributed by atoms with van der Waals surface area (Å²) in [5.74, 6) is 0.410. The van der Waals surface area contributed by atoms with Crippen molar-refractivity contribution in [3.8, 4) is 0 Å². The molecule has 0 aliphatic carbocycles. The Morgan fingerprint density at radius 3 is 1.95 bits per heavy atom. The minimum atomic E-state index is 0.410. The van der Waals surface area contributed by atoms with Gasteiger partial charge in [0.2, 0.25) is 0 Å². The molecule has 0 saturated carbocycles. The fourth-order valence-corrected chi connectivity index (χ4v) is 2.94. The molecule has 1 unspecified atom stereocenters. The lowest BCUT2D eigenvalue weighted by atomic mass is 9.85. The van der Waals surface area contributed by atoms with Gasteiger partial charge in [-0.3, -0.25) is 0 Å². The van der Waals surface area contributed by atoms with E-state index in [0.717, 1.165) is 29.8 Å². The van der Waals surface area contributed by atoms with Gasteiger partial charge in [0.1, 0.15) is 0 Å². The summed E-state index contributed by atoms with van der Waals surface area (Å²) in [6.07, 6.45) is 2.28. The molecule has 1 atom stereocenters. The van der Waals surface area contributed by atoms with Crippen molar-refractivity contribution in [3.63, 3.8) is 0 Å². The molecule has 0 spiro atoms. The number of benzene rings is 2. The molecular weight excluding hydrogens is 256 g/mol. The predicted molar refractivity (Wildman–Crippen MR) is 92.7 cm³/mol. The summed E-state index contributed by atoms with van der Waals surface area (Å²) in [4.78, 5) is 0. The Morgan fingerprint density at radius 2 is 1.43 bits per heavy atom. The van der Waals surface area contributed by atoms with Crippen molar-refractivity contribution in [2.24, 2.45) is 0 Å². The summed E-state index contributed by atoms with van der Waals surface area (Å²) < 4.78 is 0. The van der Waals surface area contributed by atoms with Crippen LogP contribution in [-0.4, -0.2) is 0 Å². The Kier molecular flexibility index (Phi) is 4.56. The van der Waals surface area contributed by atoms with Gasteiger partial charge in [-0.05, 0) is 61.1 Å². The average Bonchev–Trinajstić information content (AvgIpc) is 2.45. The predicted octanol–water partition coefficient (Wildman–Crippen LogP) is 4.71. The maximum atomic E-state index is 6.09. The molecule has 2 aromatic rings. The largest absolute Gasteiger partial charge is 0.399 e. The third-order valence-corrected chi connectivity index (χ3v) is 4.29. The molecule has 2 aromatic carbocycles. The second-order valence-electron chi connectivity index (χ2n) is 6.03. The number of hydrogen-bond acceptors (Lipinski definition) is 2. The minimum Gasteiger partial charge on any atom is -0.399 e. The van der Waals surface area contributed by atoms with E-state index < -0.39 is 0 Å². The normalized spacial score (nSPS) is 12.4. The maximum absolute atomic E-state index is 6.09. The zero-order valence-electron chi connectivity index (χ0n) is 13.5. The van der Waals surface area contributed by atoms with Gasteiger partial charge in [0.05, 0.1) is 0 Å². The van der Waals surface area contributed by atoms with Crippen LogP contribution in [0.5, 0.6) is 0 Å². The Hall–Kier alpha value is -1.96. The average molecular weight is 282 g/mol. The summed E-state index contributed by atoms with van der Waals surface area (Å²) in [5.41, 5.74) is 20.0. The van der Waals surface area contributed by atoms with Crippen molar-refractivity contribution in [1.82, 2.24) is 0 Å². The SMILES string of the molecule is CCCC(c1ccc(N)c(C)c1)c1cc(C)c(N)c(C)c1. The van der Waals surface area contributed by atoms with Crippen LogP contribution in [0.4, 0.5) is 11.4 Å². The van der Waals surface area contributed by atoms with E-state index in [9.17, 15) is 0 Å². The van der Waals surface area contributed by atoms with E-state index in [2.05, 4.69) is 52.0 Å². The second-order valence-corrected chi connectivity index (χ2v) is 6.03. The van der Waals surface area contributed by atoms with Gasteiger partial charge in [0.15, 0.2) is 0 Å². The topological polar surface area (TPSA) is 52.0 Å². The lowest BCUT2D eigenvalue weighted by Gasteiger charge is -2.20. The fourth-order valence-electron chi connectivity index (χ4n) is 2.94. The molecule has 0 aliphatic heterocycles. The van der Waals surface area contributed by atoms with Gasteiger partial charge < -0.3 is 11.5 Å². The summed E-state index contributed by atoms with van der Waals surface area (Å²) in [7, 11) is 0. The summed E-state index contributed by atoms with van der Waals surface area (Å²) >= 11 is 0. The first kappa shape index (κ1) is 15.4. The van der Waals surface area contributed by atoms with Gasteiger partial charge in [-0.15, -0.1) is 0 Å². The van der Waals surface area contributed by atoms with Crippen LogP contribution in [0.2, 0.25) is 0 Å². The molecule has 0 bridgehead atoms. The number of nitrogen functional groups attached to an aromatic ring is 2. The maximum Gasteiger partial charge on any atom is 0.0373 e. The molecule has 2 nitrogen and oxygen atoms in total. The van der Waals surface area contributed by atoms with Gasteiger partial charge in [-0.1, -0.05) is 37.6 Å². The number of nitrogens with two attached hydrogens (primary N) is 2. The third-order valence-electron chi connectivity index (χ3n) is 4.29. The number of rotatable bonds is 4. The van der Waals surface area contributed by atoms with E-state index >= 15 is 0 Å². The Morgan fingerprint density at radius 1 is 0.857 bits per heavy atom. The molecule has 0 heterocycles. The van der Waals surface area contributed by atoms with E-state index in [0.29, 0.717) is 5.92 Å². The zero-order chi connectivity index (χ0) is 15.6. The zero-order valence-corrected chi connectivity index (χ0v) is 13.5. The van der Waals surface area contributed by atoms with Crippen LogP contribution in [0.15, 0.2) is 30.3 Å². The molecule has 0 fully saturated rings. The highest BCUT2D eigenvalue weighted by Crippen LogP contribution is 2.33. The van der Waals surface area contributed by atoms with Gasteiger partial charge >= 0.3 is 0 Å². The highest BCUT2D eigenvalue weighted by molar-refractivity contribution is 5.56. The summed E-state index contributed by atoms with van der Waals surface area (Å²) in [5, 5.41) is 0. The standard InChI is InChI=1S/C19H26N2/c1-5-6-17(15-7-8-18(20)12(2)9-15)16-10-13(3)19(21)14(4)11-16/h7-11,17H,5-6,20-21H2,1-4H3. The lowest BCUT2D eigenvalue weighted by Crippen LogP contribution is -2.05. The van der Waals surface area contributed by atoms with E-state index in [1.54, 1.807) is 0 Å². The van der Waals surface area contributed by atoms with Crippen molar-refractivity contribution in [3.05, 3.63) is 58.1 Å². The van der Waals surface area contributed by atoms with E-state index in [1.165, 1.54) is 22.3 Å². The van der Waals surface area contributed by atoms with E-state index in [1.807, 2.05) is 6.07 Å². The molecule has 112 valence electrons. The Labute approximate surface area is 128 Å². The van der Waals surface area contributed by atoms with Crippen LogP contribution < -0.4 is 11.5 Å². The Balaban J connectivity index is 2.50. The van der Waals surface area contributed by atoms with Crippen LogP contribution in [0.1, 0.15) is 53.5 Å². The van der Waals surface area contributed by atoms with Crippen LogP contribution in [-0.2, 0) is 0 Å². The molecule has 0 aliphatic rings. The van der Waals surface area contributed by atoms with Crippen molar-refractivity contribution < 1.29 is 0 Å². The van der Waals surface area contributed by atoms with E-state index in [-0.39, 0.29) is 0 Å². The molecule has 2 heteroatoms. The van der Waals surface area contributed by atoms with Gasteiger partial charge in [0.25, 0.3) is 0 Å². The van der Waals surface area contributed by atoms with Crippen molar-refractivity contribution in [1.29, 1.82) is 0 Å². The smallest absolute Gasteiger partial charge is 0.0373 e. The molecule has 0 saturated heterocycles. The molecule has 0 amide bonds. The van der Waals surface area contributed by atoms with Gasteiger partial charge in [-0.25, -0.2) is 0 Å². The van der Waals surface area contributed by atoms with Crippen LogP contribution in [0.25, 0.3) is 0 Å². The Bertz CT molecular complexity index is 621. The van der Waals surface area contributed by atoms with Crippen LogP contribution in [0, 0.1) is 20.8 Å². The first-order valence-electron chi connectivity index (χ1n) is 7.66. The summed E-state index contributed by atoms with van der Waals surface area (Å²) in [6.45, 7) is 8.47. The van der Waals surface area contributed by atoms with Crippen molar-refractivity contribution in [2.75, 3.05) is 11.5 Å². The van der Waals surface area contributed by atoms with Crippen LogP contribution in [0.3, 0.4) is 0 Å². The monoisotopic (exact) mass is 282 g/mol. The lowest BCUT2D eigenvalue weighted by molar-refractivity contribution is 0.697. The highest BCUT2D eigenvalue weighted by Gasteiger charge is 2.16. The molecule has 2 rings (SSSR count). The number of hydrogen-bond donors (Lipinski definition) is 2. The van der Waals surface area contributed by atoms with Gasteiger partial charge in [0, 0.05) is 17.3 Å². The van der Waals surface area contributed by atoms with Crippen LogP contribution >= 0.6 is 0 Å². The van der Waals surface area contributed by atoms with Gasteiger partial charge in [-0.2, -0.15) is 0 Å².